The summed E-state index contributed by atoms with van der Waals surface area (Å²) in [5, 5.41) is 3.06. The van der Waals surface area contributed by atoms with Crippen LogP contribution in [0.1, 0.15) is 5.69 Å². The van der Waals surface area contributed by atoms with Crippen LogP contribution in [0.4, 0.5) is 0 Å². The number of aromatic nitrogens is 2. The smallest absolute Gasteiger partial charge is 0.194 e. The van der Waals surface area contributed by atoms with E-state index in [0.717, 1.165) is 21.7 Å². The van der Waals surface area contributed by atoms with Crippen molar-refractivity contribution in [3.8, 4) is 0 Å². The Morgan fingerprint density at radius 3 is 2.81 bits per heavy atom. The summed E-state index contributed by atoms with van der Waals surface area (Å²) in [5.41, 5.74) is 8.50. The average molecular weight is 272 g/mol. The normalized spacial score (nSPS) is 11.7. The number of rotatable bonds is 1. The van der Waals surface area contributed by atoms with Gasteiger partial charge in [0.25, 0.3) is 0 Å². The maximum Gasteiger partial charge on any atom is 0.194 e. The molecule has 0 fully saturated rings. The molecule has 6 heteroatoms. The molecule has 0 unspecified atom stereocenters. The monoisotopic (exact) mass is 271 g/mol. The number of nitrogens with zero attached hydrogens (tertiary/aromatic N) is 2. The molecule has 3 rings (SSSR count). The second-order valence-corrected chi connectivity index (χ2v) is 5.07. The maximum absolute atomic E-state index is 6.01. The lowest BCUT2D eigenvalue weighted by atomic mass is 10.3. The van der Waals surface area contributed by atoms with Crippen LogP contribution in [0.15, 0.2) is 17.5 Å². The molecule has 3 nitrogen and oxygen atoms in total. The van der Waals surface area contributed by atoms with Gasteiger partial charge in [0.1, 0.15) is 0 Å². The number of halogens is 2. The zero-order valence-corrected chi connectivity index (χ0v) is 10.4. The molecule has 0 radical (unpaired) electrons. The van der Waals surface area contributed by atoms with Crippen LogP contribution in [-0.4, -0.2) is 9.38 Å². The molecule has 82 valence electrons. The fourth-order valence-electron chi connectivity index (χ4n) is 1.72. The highest BCUT2D eigenvalue weighted by Gasteiger charge is 2.11. The Morgan fingerprint density at radius 2 is 2.06 bits per heavy atom. The van der Waals surface area contributed by atoms with Crippen molar-refractivity contribution in [2.24, 2.45) is 5.73 Å². The largest absolute Gasteiger partial charge is 0.325 e. The molecule has 16 heavy (non-hydrogen) atoms. The minimum atomic E-state index is 0.478. The van der Waals surface area contributed by atoms with Gasteiger partial charge in [-0.2, -0.15) is 0 Å². The first-order valence-electron chi connectivity index (χ1n) is 4.64. The number of hydrogen-bond donors (Lipinski definition) is 1. The third-order valence-electron chi connectivity index (χ3n) is 2.46. The lowest BCUT2D eigenvalue weighted by Gasteiger charge is -1.98. The Hall–Kier alpha value is -0.810. The van der Waals surface area contributed by atoms with Crippen molar-refractivity contribution >= 4 is 50.5 Å². The molecule has 0 spiro atoms. The van der Waals surface area contributed by atoms with Crippen LogP contribution in [-0.2, 0) is 6.54 Å². The van der Waals surface area contributed by atoms with Crippen molar-refractivity contribution < 1.29 is 0 Å². The number of hydrogen-bond acceptors (Lipinski definition) is 3. The van der Waals surface area contributed by atoms with E-state index in [0.29, 0.717) is 16.6 Å². The number of nitrogens with two attached hydrogens (primary N) is 1. The van der Waals surface area contributed by atoms with Crippen molar-refractivity contribution in [1.82, 2.24) is 9.38 Å². The van der Waals surface area contributed by atoms with E-state index in [4.69, 9.17) is 28.9 Å². The molecule has 0 aliphatic rings. The molecule has 2 N–H and O–H groups in total. The van der Waals surface area contributed by atoms with Gasteiger partial charge in [0, 0.05) is 17.6 Å². The minimum absolute atomic E-state index is 0.478. The van der Waals surface area contributed by atoms with E-state index in [1.54, 1.807) is 17.4 Å². The van der Waals surface area contributed by atoms with Gasteiger partial charge in [0.2, 0.25) is 0 Å². The van der Waals surface area contributed by atoms with E-state index in [2.05, 4.69) is 4.98 Å². The quantitative estimate of drug-likeness (QED) is 0.738. The molecular formula is C10H7Cl2N3S. The third-order valence-corrected chi connectivity index (χ3v) is 4.06. The Kier molecular flexibility index (Phi) is 2.33. The molecular weight excluding hydrogens is 265 g/mol. The van der Waals surface area contributed by atoms with E-state index >= 15 is 0 Å². The van der Waals surface area contributed by atoms with Crippen LogP contribution in [0.5, 0.6) is 0 Å². The molecule has 2 aromatic heterocycles. The molecule has 2 heterocycles. The van der Waals surface area contributed by atoms with Crippen LogP contribution in [0, 0.1) is 0 Å². The summed E-state index contributed by atoms with van der Waals surface area (Å²) >= 11 is 13.5. The van der Waals surface area contributed by atoms with E-state index < -0.39 is 0 Å². The zero-order chi connectivity index (χ0) is 11.3. The highest BCUT2D eigenvalue weighted by molar-refractivity contribution is 7.15. The van der Waals surface area contributed by atoms with Gasteiger partial charge >= 0.3 is 0 Å². The molecule has 0 saturated heterocycles. The van der Waals surface area contributed by atoms with Crippen LogP contribution < -0.4 is 5.73 Å². The van der Waals surface area contributed by atoms with Crippen LogP contribution in [0.25, 0.3) is 16.0 Å². The molecule has 0 saturated carbocycles. The fraction of sp³-hybridized carbons (Fsp3) is 0.100. The SMILES string of the molecule is NCc1csc2nc3cc(Cl)c(Cl)cc3n12. The van der Waals surface area contributed by atoms with Crippen molar-refractivity contribution in [2.45, 2.75) is 6.54 Å². The molecule has 3 aromatic rings. The van der Waals surface area contributed by atoms with Crippen molar-refractivity contribution in [3.63, 3.8) is 0 Å². The predicted octanol–water partition coefficient (Wildman–Crippen LogP) is 3.31. The van der Waals surface area contributed by atoms with E-state index in [1.807, 2.05) is 15.8 Å². The number of fused-ring (bicyclic) bond motifs is 3. The minimum Gasteiger partial charge on any atom is -0.325 e. The van der Waals surface area contributed by atoms with E-state index in [-0.39, 0.29) is 0 Å². The summed E-state index contributed by atoms with van der Waals surface area (Å²) in [6.45, 7) is 0.478. The van der Waals surface area contributed by atoms with E-state index in [1.165, 1.54) is 0 Å². The Labute approximate surface area is 105 Å². The van der Waals surface area contributed by atoms with Crippen molar-refractivity contribution in [2.75, 3.05) is 0 Å². The first-order chi connectivity index (χ1) is 7.70. The van der Waals surface area contributed by atoms with Crippen molar-refractivity contribution in [1.29, 1.82) is 0 Å². The van der Waals surface area contributed by atoms with Gasteiger partial charge in [0.15, 0.2) is 4.96 Å². The molecule has 0 bridgehead atoms. The highest BCUT2D eigenvalue weighted by Crippen LogP contribution is 2.30. The summed E-state index contributed by atoms with van der Waals surface area (Å²) < 4.78 is 2.02. The van der Waals surface area contributed by atoms with Gasteiger partial charge in [0.05, 0.1) is 21.1 Å². The third kappa shape index (κ3) is 1.34. The highest BCUT2D eigenvalue weighted by atomic mass is 35.5. The second kappa shape index (κ2) is 3.60. The van der Waals surface area contributed by atoms with Gasteiger partial charge in [-0.15, -0.1) is 11.3 Å². The average Bonchev–Trinajstić information content (AvgIpc) is 2.78. The summed E-state index contributed by atoms with van der Waals surface area (Å²) in [5.74, 6) is 0. The molecule has 0 amide bonds. The van der Waals surface area contributed by atoms with Gasteiger partial charge in [-0.25, -0.2) is 4.98 Å². The molecule has 1 aromatic carbocycles. The standard InChI is InChI=1S/C10H7Cl2N3S/c11-6-1-8-9(2-7(6)12)15-5(3-13)4-16-10(15)14-8/h1-2,4H,3,13H2. The predicted molar refractivity (Wildman–Crippen MR) is 68.5 cm³/mol. The fourth-order valence-corrected chi connectivity index (χ4v) is 2.95. The zero-order valence-electron chi connectivity index (χ0n) is 8.08. The maximum atomic E-state index is 6.01. The van der Waals surface area contributed by atoms with Crippen molar-refractivity contribution in [3.05, 3.63) is 33.3 Å². The lowest BCUT2D eigenvalue weighted by molar-refractivity contribution is 0.981. The van der Waals surface area contributed by atoms with Gasteiger partial charge in [-0.3, -0.25) is 4.40 Å². The molecule has 0 aliphatic heterocycles. The summed E-state index contributed by atoms with van der Waals surface area (Å²) in [4.78, 5) is 5.38. The number of thiazole rings is 1. The summed E-state index contributed by atoms with van der Waals surface area (Å²) in [7, 11) is 0. The second-order valence-electron chi connectivity index (χ2n) is 3.42. The Morgan fingerprint density at radius 1 is 1.31 bits per heavy atom. The molecule has 0 aliphatic carbocycles. The van der Waals surface area contributed by atoms with Crippen LogP contribution in [0.2, 0.25) is 10.0 Å². The van der Waals surface area contributed by atoms with Gasteiger partial charge in [-0.05, 0) is 12.1 Å². The Bertz CT molecular complexity index is 686. The topological polar surface area (TPSA) is 43.3 Å². The van der Waals surface area contributed by atoms with Crippen LogP contribution >= 0.6 is 34.5 Å². The number of imidazole rings is 1. The number of benzene rings is 1. The Balaban J connectivity index is 2.50. The summed E-state index contributed by atoms with van der Waals surface area (Å²) in [6.07, 6.45) is 0. The first-order valence-corrected chi connectivity index (χ1v) is 6.28. The first kappa shape index (κ1) is 10.4. The lowest BCUT2D eigenvalue weighted by Crippen LogP contribution is -1.99. The van der Waals surface area contributed by atoms with Crippen LogP contribution in [0.3, 0.4) is 0 Å². The van der Waals surface area contributed by atoms with Gasteiger partial charge in [-0.1, -0.05) is 23.2 Å². The summed E-state index contributed by atoms with van der Waals surface area (Å²) in [6, 6.07) is 3.60. The van der Waals surface area contributed by atoms with Gasteiger partial charge < -0.3 is 5.73 Å². The van der Waals surface area contributed by atoms with E-state index in [9.17, 15) is 0 Å². The molecule has 0 atom stereocenters.